The molecule has 1 aliphatic heterocycles. The molecule has 174 valence electrons. The predicted octanol–water partition coefficient (Wildman–Crippen LogP) is 3.43. The number of hydrogen-bond donors (Lipinski definition) is 2. The average Bonchev–Trinajstić information content (AvgIpc) is 3.11. The summed E-state index contributed by atoms with van der Waals surface area (Å²) in [4.78, 5) is 21.2. The van der Waals surface area contributed by atoms with Gasteiger partial charge < -0.3 is 20.1 Å². The van der Waals surface area contributed by atoms with Crippen LogP contribution in [0.2, 0.25) is 5.02 Å². The first-order valence-corrected chi connectivity index (χ1v) is 11.5. The molecule has 4 rings (SSSR count). The van der Waals surface area contributed by atoms with E-state index in [0.717, 1.165) is 57.1 Å². The molecule has 3 aromatic heterocycles. The third-order valence-electron chi connectivity index (χ3n) is 5.41. The first kappa shape index (κ1) is 23.2. The molecule has 3 aromatic rings. The van der Waals surface area contributed by atoms with Gasteiger partial charge in [-0.25, -0.2) is 4.98 Å². The summed E-state index contributed by atoms with van der Waals surface area (Å²) in [5.41, 5.74) is 1.22. The summed E-state index contributed by atoms with van der Waals surface area (Å²) in [5, 5.41) is 7.45. The van der Waals surface area contributed by atoms with Crippen LogP contribution in [-0.4, -0.2) is 46.9 Å². The highest BCUT2D eigenvalue weighted by molar-refractivity contribution is 6.30. The van der Waals surface area contributed by atoms with Gasteiger partial charge in [-0.1, -0.05) is 11.6 Å². The number of anilines is 1. The molecule has 0 spiro atoms. The van der Waals surface area contributed by atoms with Crippen LogP contribution in [0.15, 0.2) is 59.8 Å². The minimum absolute atomic E-state index is 0.198. The molecule has 9 heteroatoms. The Hall–Kier alpha value is -2.94. The largest absolute Gasteiger partial charge is 0.487 e. The zero-order valence-electron chi connectivity index (χ0n) is 18.4. The van der Waals surface area contributed by atoms with E-state index in [4.69, 9.17) is 21.1 Å². The van der Waals surface area contributed by atoms with Crippen LogP contribution in [0.25, 0.3) is 5.69 Å². The first-order chi connectivity index (χ1) is 16.2. The summed E-state index contributed by atoms with van der Waals surface area (Å²) >= 11 is 5.84. The number of hydrogen-bond acceptors (Lipinski definition) is 7. The molecule has 2 N–H and O–H groups in total. The highest BCUT2D eigenvalue weighted by atomic mass is 35.5. The summed E-state index contributed by atoms with van der Waals surface area (Å²) in [6, 6.07) is 11.0. The van der Waals surface area contributed by atoms with E-state index in [2.05, 4.69) is 20.6 Å². The van der Waals surface area contributed by atoms with Crippen molar-refractivity contribution in [2.75, 3.05) is 31.6 Å². The van der Waals surface area contributed by atoms with E-state index in [1.165, 1.54) is 10.6 Å². The van der Waals surface area contributed by atoms with E-state index in [1.807, 2.05) is 12.1 Å². The molecule has 33 heavy (non-hydrogen) atoms. The normalized spacial score (nSPS) is 16.2. The van der Waals surface area contributed by atoms with Crippen molar-refractivity contribution < 1.29 is 9.47 Å². The van der Waals surface area contributed by atoms with Crippen LogP contribution < -0.4 is 20.9 Å². The molecule has 0 aliphatic carbocycles. The number of nitrogens with one attached hydrogen (secondary N) is 2. The lowest BCUT2D eigenvalue weighted by Crippen LogP contribution is -2.33. The van der Waals surface area contributed by atoms with Crippen LogP contribution in [0.1, 0.15) is 25.0 Å². The van der Waals surface area contributed by atoms with Crippen molar-refractivity contribution in [3.8, 4) is 11.4 Å². The van der Waals surface area contributed by atoms with Crippen LogP contribution in [0.3, 0.4) is 0 Å². The fourth-order valence-corrected chi connectivity index (χ4v) is 3.73. The molecule has 0 bridgehead atoms. The number of nitrogens with zero attached hydrogens (tertiary/aromatic N) is 3. The molecule has 1 saturated heterocycles. The van der Waals surface area contributed by atoms with Gasteiger partial charge in [0.2, 0.25) is 0 Å². The molecule has 0 aromatic carbocycles. The van der Waals surface area contributed by atoms with E-state index in [-0.39, 0.29) is 12.2 Å². The molecule has 1 aliphatic rings. The van der Waals surface area contributed by atoms with E-state index in [1.54, 1.807) is 36.8 Å². The standard InChI is InChI=1S/C24H28ClN5O3/c25-18-3-4-20(28-15-18)17-33-22-7-11-30(24(31)14-22)21-5-6-23(29-16-21)27-10-9-26-19-2-1-12-32-13-8-19/h3-7,11,14-16,19,26H,1-2,8-10,12-13,17H2,(H,27,29). The predicted molar refractivity (Wildman–Crippen MR) is 128 cm³/mol. The monoisotopic (exact) mass is 469 g/mol. The number of pyridine rings is 3. The van der Waals surface area contributed by atoms with Gasteiger partial charge in [-0.15, -0.1) is 0 Å². The van der Waals surface area contributed by atoms with Crippen LogP contribution in [0.4, 0.5) is 5.82 Å². The summed E-state index contributed by atoms with van der Waals surface area (Å²) in [7, 11) is 0. The fraction of sp³-hybridized carbons (Fsp3) is 0.375. The third kappa shape index (κ3) is 7.02. The van der Waals surface area contributed by atoms with Gasteiger partial charge in [0.05, 0.1) is 22.6 Å². The van der Waals surface area contributed by atoms with E-state index >= 15 is 0 Å². The molecule has 0 saturated carbocycles. The SMILES string of the molecule is O=c1cc(OCc2ccc(Cl)cn2)ccn1-c1ccc(NCCNC2CCCOCC2)nc1. The lowest BCUT2D eigenvalue weighted by Gasteiger charge is -2.16. The highest BCUT2D eigenvalue weighted by Gasteiger charge is 2.11. The van der Waals surface area contributed by atoms with E-state index < -0.39 is 0 Å². The molecule has 1 atom stereocenters. The van der Waals surface area contributed by atoms with Gasteiger partial charge in [0.15, 0.2) is 0 Å². The smallest absolute Gasteiger partial charge is 0.258 e. The zero-order chi connectivity index (χ0) is 22.9. The fourth-order valence-electron chi connectivity index (χ4n) is 3.62. The first-order valence-electron chi connectivity index (χ1n) is 11.1. The third-order valence-corrected chi connectivity index (χ3v) is 5.63. The lowest BCUT2D eigenvalue weighted by atomic mass is 10.1. The zero-order valence-corrected chi connectivity index (χ0v) is 19.1. The lowest BCUT2D eigenvalue weighted by molar-refractivity contribution is 0.142. The minimum atomic E-state index is -0.198. The Balaban J connectivity index is 1.27. The summed E-state index contributed by atoms with van der Waals surface area (Å²) < 4.78 is 12.7. The van der Waals surface area contributed by atoms with E-state index in [0.29, 0.717) is 22.5 Å². The van der Waals surface area contributed by atoms with Crippen LogP contribution in [0, 0.1) is 0 Å². The molecule has 1 unspecified atom stereocenters. The van der Waals surface area contributed by atoms with Gasteiger partial charge in [-0.05, 0) is 49.6 Å². The number of aromatic nitrogens is 3. The molecule has 0 radical (unpaired) electrons. The maximum atomic E-state index is 12.6. The number of rotatable bonds is 9. The van der Waals surface area contributed by atoms with Gasteiger partial charge in [0.1, 0.15) is 18.2 Å². The molecule has 8 nitrogen and oxygen atoms in total. The Morgan fingerprint density at radius 1 is 1.09 bits per heavy atom. The van der Waals surface area contributed by atoms with Gasteiger partial charge in [-0.3, -0.25) is 14.3 Å². The minimum Gasteiger partial charge on any atom is -0.487 e. The quantitative estimate of drug-likeness (QED) is 0.464. The van der Waals surface area contributed by atoms with Crippen molar-refractivity contribution in [2.45, 2.75) is 31.9 Å². The Kier molecular flexibility index (Phi) is 8.30. The molecular formula is C24H28ClN5O3. The van der Waals surface area contributed by atoms with Gasteiger partial charge in [-0.2, -0.15) is 0 Å². The maximum absolute atomic E-state index is 12.6. The topological polar surface area (TPSA) is 90.3 Å². The van der Waals surface area contributed by atoms with Crippen LogP contribution in [0.5, 0.6) is 5.75 Å². The Morgan fingerprint density at radius 3 is 2.82 bits per heavy atom. The van der Waals surface area contributed by atoms with Gasteiger partial charge >= 0.3 is 0 Å². The maximum Gasteiger partial charge on any atom is 0.258 e. The highest BCUT2D eigenvalue weighted by Crippen LogP contribution is 2.14. The number of halogens is 1. The van der Waals surface area contributed by atoms with Crippen molar-refractivity contribution in [1.82, 2.24) is 19.9 Å². The summed E-state index contributed by atoms with van der Waals surface area (Å²) in [6.07, 6.45) is 8.25. The van der Waals surface area contributed by atoms with Crippen molar-refractivity contribution >= 4 is 17.4 Å². The van der Waals surface area contributed by atoms with Crippen molar-refractivity contribution in [3.05, 3.63) is 76.1 Å². The molecular weight excluding hydrogens is 442 g/mol. The molecule has 4 heterocycles. The van der Waals surface area contributed by atoms with E-state index in [9.17, 15) is 4.79 Å². The van der Waals surface area contributed by atoms with Crippen molar-refractivity contribution in [3.63, 3.8) is 0 Å². The van der Waals surface area contributed by atoms with Crippen molar-refractivity contribution in [2.24, 2.45) is 0 Å². The van der Waals surface area contributed by atoms with Gasteiger partial charge in [0.25, 0.3) is 5.56 Å². The van der Waals surface area contributed by atoms with Crippen LogP contribution in [-0.2, 0) is 11.3 Å². The van der Waals surface area contributed by atoms with Crippen molar-refractivity contribution in [1.29, 1.82) is 0 Å². The second-order valence-electron chi connectivity index (χ2n) is 7.85. The second-order valence-corrected chi connectivity index (χ2v) is 8.29. The average molecular weight is 470 g/mol. The van der Waals surface area contributed by atoms with Crippen LogP contribution >= 0.6 is 11.6 Å². The van der Waals surface area contributed by atoms with Gasteiger partial charge in [0, 0.05) is 50.8 Å². The summed E-state index contributed by atoms with van der Waals surface area (Å²) in [5.74, 6) is 1.25. The molecule has 1 fully saturated rings. The Morgan fingerprint density at radius 2 is 2.03 bits per heavy atom. The molecule has 0 amide bonds. The number of ether oxygens (including phenoxy) is 2. The Labute approximate surface area is 197 Å². The second kappa shape index (κ2) is 11.8. The summed E-state index contributed by atoms with van der Waals surface area (Å²) in [6.45, 7) is 3.59. The Bertz CT molecular complexity index is 1060.